The molecule has 10 heteroatoms. The van der Waals surface area contributed by atoms with Gasteiger partial charge < -0.3 is 5.11 Å². The summed E-state index contributed by atoms with van der Waals surface area (Å²) in [4.78, 5) is 51.0. The van der Waals surface area contributed by atoms with E-state index in [1.54, 1.807) is 16.0 Å². The first-order valence-corrected chi connectivity index (χ1v) is 15.7. The Balaban J connectivity index is 1.29. The van der Waals surface area contributed by atoms with E-state index < -0.39 is 11.9 Å². The van der Waals surface area contributed by atoms with Crippen LogP contribution in [0.2, 0.25) is 5.02 Å². The number of carboxylic acid groups (broad SMARTS) is 1. The van der Waals surface area contributed by atoms with Crippen LogP contribution in [0.3, 0.4) is 0 Å². The molecule has 2 fully saturated rings. The number of carbonyl (C=O) groups is 3. The highest BCUT2D eigenvalue weighted by Crippen LogP contribution is 2.40. The van der Waals surface area contributed by atoms with Crippen LogP contribution in [0, 0.1) is 5.92 Å². The van der Waals surface area contributed by atoms with Gasteiger partial charge in [0.05, 0.1) is 18.0 Å². The number of benzene rings is 2. The molecule has 1 saturated carbocycles. The Morgan fingerprint density at radius 1 is 1.07 bits per heavy atom. The second-order valence-electron chi connectivity index (χ2n) is 11.0. The van der Waals surface area contributed by atoms with Gasteiger partial charge in [-0.3, -0.25) is 24.2 Å². The summed E-state index contributed by atoms with van der Waals surface area (Å²) in [6.07, 6.45) is 5.98. The summed E-state index contributed by atoms with van der Waals surface area (Å²) in [6, 6.07) is 18.9. The van der Waals surface area contributed by atoms with Crippen molar-refractivity contribution in [2.75, 3.05) is 16.3 Å². The minimum Gasteiger partial charge on any atom is -0.481 e. The number of carboxylic acids is 1. The van der Waals surface area contributed by atoms with Crippen molar-refractivity contribution in [2.24, 2.45) is 5.92 Å². The largest absolute Gasteiger partial charge is 0.481 e. The number of amides is 2. The zero-order valence-electron chi connectivity index (χ0n) is 23.5. The van der Waals surface area contributed by atoms with Gasteiger partial charge in [0.2, 0.25) is 11.8 Å². The molecule has 0 spiro atoms. The molecule has 1 N–H and O–H groups in total. The lowest BCUT2D eigenvalue weighted by atomic mass is 9.94. The number of pyridine rings is 1. The van der Waals surface area contributed by atoms with E-state index in [1.165, 1.54) is 11.3 Å². The molecular weight excluding hydrogens is 584 g/mol. The van der Waals surface area contributed by atoms with Gasteiger partial charge in [0.1, 0.15) is 5.82 Å². The average Bonchev–Trinajstić information content (AvgIpc) is 3.73. The molecule has 1 unspecified atom stereocenters. The van der Waals surface area contributed by atoms with Crippen LogP contribution in [0.5, 0.6) is 0 Å². The third-order valence-electron chi connectivity index (χ3n) is 7.86. The molecule has 1 aliphatic heterocycles. The van der Waals surface area contributed by atoms with Gasteiger partial charge in [-0.1, -0.05) is 48.0 Å². The second-order valence-corrected chi connectivity index (χ2v) is 12.3. The van der Waals surface area contributed by atoms with Crippen molar-refractivity contribution < 1.29 is 19.5 Å². The van der Waals surface area contributed by atoms with E-state index in [0.29, 0.717) is 41.1 Å². The molecule has 1 aliphatic carbocycles. The first-order chi connectivity index (χ1) is 20.9. The number of aromatic nitrogens is 2. The Hall–Kier alpha value is -4.08. The quantitative estimate of drug-likeness (QED) is 0.209. The van der Waals surface area contributed by atoms with Gasteiger partial charge in [-0.2, -0.15) is 0 Å². The summed E-state index contributed by atoms with van der Waals surface area (Å²) in [5.74, 6) is -1.18. The Bertz CT molecular complexity index is 1640. The van der Waals surface area contributed by atoms with Crippen molar-refractivity contribution >= 4 is 51.7 Å². The smallest absolute Gasteiger partial charge is 0.304 e. The van der Waals surface area contributed by atoms with Crippen LogP contribution in [0.25, 0.3) is 22.4 Å². The number of thiazole rings is 1. The molecule has 1 atom stereocenters. The number of hydrogen-bond donors (Lipinski definition) is 1. The molecule has 0 radical (unpaired) electrons. The van der Waals surface area contributed by atoms with Crippen molar-refractivity contribution in [1.29, 1.82) is 0 Å². The van der Waals surface area contributed by atoms with Crippen molar-refractivity contribution in [1.82, 2.24) is 9.97 Å². The van der Waals surface area contributed by atoms with Gasteiger partial charge in [-0.25, -0.2) is 9.97 Å². The van der Waals surface area contributed by atoms with Crippen molar-refractivity contribution in [2.45, 2.75) is 51.0 Å². The number of halogens is 1. The predicted octanol–water partition coefficient (Wildman–Crippen LogP) is 6.87. The topological polar surface area (TPSA) is 104 Å². The van der Waals surface area contributed by atoms with E-state index in [-0.39, 0.29) is 24.3 Å². The van der Waals surface area contributed by atoms with Gasteiger partial charge >= 0.3 is 5.97 Å². The van der Waals surface area contributed by atoms with E-state index in [2.05, 4.69) is 4.98 Å². The Morgan fingerprint density at radius 2 is 1.88 bits per heavy atom. The maximum atomic E-state index is 13.9. The predicted molar refractivity (Wildman–Crippen MR) is 168 cm³/mol. The number of hydrogen-bond acceptors (Lipinski definition) is 6. The van der Waals surface area contributed by atoms with Gasteiger partial charge in [0.15, 0.2) is 5.13 Å². The fourth-order valence-corrected chi connectivity index (χ4v) is 6.62. The molecule has 1 saturated heterocycles. The highest BCUT2D eigenvalue weighted by atomic mass is 35.5. The van der Waals surface area contributed by atoms with Crippen LogP contribution in [0.15, 0.2) is 72.2 Å². The molecule has 220 valence electrons. The summed E-state index contributed by atoms with van der Waals surface area (Å²) < 4.78 is 0. The zero-order chi connectivity index (χ0) is 29.9. The highest BCUT2D eigenvalue weighted by Gasteiger charge is 2.39. The number of aliphatic carboxylic acids is 1. The highest BCUT2D eigenvalue weighted by molar-refractivity contribution is 7.14. The van der Waals surface area contributed by atoms with Crippen LogP contribution in [0.1, 0.15) is 44.1 Å². The Kier molecular flexibility index (Phi) is 8.54. The molecule has 2 aliphatic rings. The van der Waals surface area contributed by atoms with E-state index in [9.17, 15) is 19.5 Å². The summed E-state index contributed by atoms with van der Waals surface area (Å²) in [5.41, 5.74) is 4.12. The summed E-state index contributed by atoms with van der Waals surface area (Å²) >= 11 is 7.81. The SMILES string of the molecule is O=C(O)CC(Cc1ccccc1)C(=O)N(c1nc(-c2cc(Cl)ccc2-c2ccc(N3CCCCC3=O)nc2)cs1)C1CC1. The van der Waals surface area contributed by atoms with Crippen LogP contribution in [0.4, 0.5) is 10.9 Å². The van der Waals surface area contributed by atoms with Crippen molar-refractivity contribution in [3.8, 4) is 22.4 Å². The van der Waals surface area contributed by atoms with Crippen molar-refractivity contribution in [3.05, 3.63) is 82.8 Å². The summed E-state index contributed by atoms with van der Waals surface area (Å²) in [7, 11) is 0. The average molecular weight is 615 g/mol. The first kappa shape index (κ1) is 29.0. The molecule has 2 aromatic heterocycles. The van der Waals surface area contributed by atoms with Crippen LogP contribution in [-0.2, 0) is 20.8 Å². The molecule has 3 heterocycles. The third kappa shape index (κ3) is 6.63. The molecule has 2 amide bonds. The van der Waals surface area contributed by atoms with E-state index >= 15 is 0 Å². The number of nitrogens with zero attached hydrogens (tertiary/aromatic N) is 4. The fraction of sp³-hybridized carbons (Fsp3) is 0.303. The van der Waals surface area contributed by atoms with Gasteiger partial charge in [0.25, 0.3) is 0 Å². The minimum atomic E-state index is -1.00. The lowest BCUT2D eigenvalue weighted by molar-refractivity contribution is -0.140. The lowest BCUT2D eigenvalue weighted by Gasteiger charge is -2.25. The number of anilines is 2. The van der Waals surface area contributed by atoms with E-state index in [0.717, 1.165) is 47.9 Å². The van der Waals surface area contributed by atoms with Crippen molar-refractivity contribution in [3.63, 3.8) is 0 Å². The molecule has 43 heavy (non-hydrogen) atoms. The molecule has 4 aromatic rings. The van der Waals surface area contributed by atoms with Crippen LogP contribution < -0.4 is 9.80 Å². The minimum absolute atomic E-state index is 0.00615. The molecule has 8 nitrogen and oxygen atoms in total. The summed E-state index contributed by atoms with van der Waals surface area (Å²) in [5, 5.41) is 12.6. The maximum absolute atomic E-state index is 13.9. The van der Waals surface area contributed by atoms with Crippen LogP contribution >= 0.6 is 22.9 Å². The Labute approximate surface area is 259 Å². The third-order valence-corrected chi connectivity index (χ3v) is 8.93. The maximum Gasteiger partial charge on any atom is 0.304 e. The van der Waals surface area contributed by atoms with E-state index in [1.807, 2.05) is 66.0 Å². The number of piperidine rings is 1. The monoisotopic (exact) mass is 614 g/mol. The van der Waals surface area contributed by atoms with Gasteiger partial charge in [-0.05, 0) is 67.5 Å². The lowest BCUT2D eigenvalue weighted by Crippen LogP contribution is -2.39. The summed E-state index contributed by atoms with van der Waals surface area (Å²) in [6.45, 7) is 0.674. The normalized spacial score (nSPS) is 15.7. The number of carbonyl (C=O) groups excluding carboxylic acids is 2. The zero-order valence-corrected chi connectivity index (χ0v) is 25.1. The van der Waals surface area contributed by atoms with Crippen LogP contribution in [-0.4, -0.2) is 45.4 Å². The van der Waals surface area contributed by atoms with Gasteiger partial charge in [-0.15, -0.1) is 11.3 Å². The van der Waals surface area contributed by atoms with Gasteiger partial charge in [0, 0.05) is 46.7 Å². The molecular formula is C33H31ClN4O4S. The molecule has 0 bridgehead atoms. The second kappa shape index (κ2) is 12.7. The first-order valence-electron chi connectivity index (χ1n) is 14.5. The van der Waals surface area contributed by atoms with E-state index in [4.69, 9.17) is 16.6 Å². The molecule has 2 aromatic carbocycles. The number of rotatable bonds is 10. The Morgan fingerprint density at radius 3 is 2.58 bits per heavy atom. The fourth-order valence-electron chi connectivity index (χ4n) is 5.55. The standard InChI is InChI=1S/C33H31ClN4O4S/c34-24-10-13-26(22-9-14-29(35-19-22)37-15-5-4-8-30(37)39)27(18-24)28-20-43-33(36-28)38(25-11-12-25)32(42)23(17-31(40)41)16-21-6-2-1-3-7-21/h1-3,6-7,9-10,13-14,18-20,23,25H,4-5,8,11-12,15-17H2,(H,40,41). The molecule has 6 rings (SSSR count).